The number of carbonyl (C=O) groups is 1. The van der Waals surface area contributed by atoms with E-state index in [-0.39, 0.29) is 17.5 Å². The van der Waals surface area contributed by atoms with E-state index < -0.39 is 11.7 Å². The molecule has 1 saturated carbocycles. The lowest BCUT2D eigenvalue weighted by Crippen LogP contribution is -2.40. The molecule has 29 heavy (non-hydrogen) atoms. The summed E-state index contributed by atoms with van der Waals surface area (Å²) in [5.74, 6) is -0.977. The van der Waals surface area contributed by atoms with Gasteiger partial charge in [0, 0.05) is 24.2 Å². The van der Waals surface area contributed by atoms with Crippen molar-refractivity contribution >= 4 is 17.5 Å². The molecule has 1 saturated heterocycles. The predicted molar refractivity (Wildman–Crippen MR) is 107 cm³/mol. The van der Waals surface area contributed by atoms with Crippen LogP contribution in [0.3, 0.4) is 0 Å². The Hall–Kier alpha value is -2.18. The second-order valence-corrected chi connectivity index (χ2v) is 8.27. The smallest absolute Gasteiger partial charge is 0.251 e. The van der Waals surface area contributed by atoms with Crippen molar-refractivity contribution in [3.63, 3.8) is 0 Å². The van der Waals surface area contributed by atoms with E-state index in [0.29, 0.717) is 29.8 Å². The quantitative estimate of drug-likeness (QED) is 0.740. The zero-order valence-electron chi connectivity index (χ0n) is 16.0. The number of likely N-dealkylation sites (tertiary alicyclic amines) is 1. The number of amides is 1. The van der Waals surface area contributed by atoms with Gasteiger partial charge in [-0.15, -0.1) is 0 Å². The summed E-state index contributed by atoms with van der Waals surface area (Å²) < 4.78 is 33.8. The van der Waals surface area contributed by atoms with Gasteiger partial charge >= 0.3 is 0 Å². The fraction of sp³-hybridized carbons (Fsp3) is 0.409. The third-order valence-corrected chi connectivity index (χ3v) is 5.90. The van der Waals surface area contributed by atoms with Gasteiger partial charge in [0.05, 0.1) is 5.56 Å². The van der Waals surface area contributed by atoms with Gasteiger partial charge in [-0.3, -0.25) is 9.69 Å². The Morgan fingerprint density at radius 3 is 2.69 bits per heavy atom. The number of benzene rings is 2. The summed E-state index contributed by atoms with van der Waals surface area (Å²) in [5, 5.41) is 0.410. The molecule has 1 heterocycles. The number of nitrogens with zero attached hydrogens (tertiary/aromatic N) is 1. The van der Waals surface area contributed by atoms with Crippen molar-refractivity contribution in [3.8, 4) is 5.75 Å². The molecule has 1 aliphatic carbocycles. The van der Waals surface area contributed by atoms with Gasteiger partial charge in [-0.1, -0.05) is 17.7 Å². The number of carbonyl (C=O) groups excluding carboxylic acids is 1. The van der Waals surface area contributed by atoms with Crippen LogP contribution in [0.4, 0.5) is 8.78 Å². The lowest BCUT2D eigenvalue weighted by molar-refractivity contribution is 0.0832. The molecule has 1 atom stereocenters. The van der Waals surface area contributed by atoms with Gasteiger partial charge in [0.2, 0.25) is 0 Å². The minimum absolute atomic E-state index is 0.0875. The van der Waals surface area contributed by atoms with E-state index in [9.17, 15) is 13.6 Å². The van der Waals surface area contributed by atoms with E-state index >= 15 is 0 Å². The minimum Gasteiger partial charge on any atom is -0.489 e. The summed E-state index contributed by atoms with van der Waals surface area (Å²) in [5.41, 5.74) is 6.93. The Morgan fingerprint density at radius 2 is 2.00 bits per heavy atom. The number of hydrogen-bond donors (Lipinski definition) is 1. The molecule has 0 spiro atoms. The third kappa shape index (κ3) is 4.70. The number of hydrogen-bond acceptors (Lipinski definition) is 3. The molecule has 1 amide bonds. The summed E-state index contributed by atoms with van der Waals surface area (Å²) in [4.78, 5) is 13.7. The Labute approximate surface area is 173 Å². The van der Waals surface area contributed by atoms with Crippen molar-refractivity contribution in [3.05, 3.63) is 63.7 Å². The minimum atomic E-state index is -0.768. The zero-order valence-corrected chi connectivity index (χ0v) is 16.7. The second kappa shape index (κ2) is 8.28. The standard InChI is InChI=1S/C22H23ClF2N2O2/c23-19-8-15(24)6-5-14(19)11-27-7-1-2-16(12-27)29-21-10-20(25)18(22(26)28)9-17(21)13-3-4-13/h5-6,8-10,13,16H,1-4,7,11-12H2,(H2,26,28)/t16-/m0/s1. The molecule has 2 aromatic carbocycles. The maximum atomic E-state index is 14.3. The molecular formula is C22H23ClF2N2O2. The van der Waals surface area contributed by atoms with Crippen LogP contribution >= 0.6 is 11.6 Å². The summed E-state index contributed by atoms with van der Waals surface area (Å²) >= 11 is 6.16. The van der Waals surface area contributed by atoms with E-state index in [0.717, 1.165) is 43.4 Å². The average Bonchev–Trinajstić information content (AvgIpc) is 3.49. The van der Waals surface area contributed by atoms with E-state index in [1.807, 2.05) is 0 Å². The molecule has 0 radical (unpaired) electrons. The highest BCUT2D eigenvalue weighted by Gasteiger charge is 2.31. The number of rotatable bonds is 6. The summed E-state index contributed by atoms with van der Waals surface area (Å²) in [6, 6.07) is 7.27. The Morgan fingerprint density at radius 1 is 1.21 bits per heavy atom. The molecule has 4 rings (SSSR count). The summed E-state index contributed by atoms with van der Waals surface area (Å²) in [7, 11) is 0. The van der Waals surface area contributed by atoms with Gasteiger partial charge < -0.3 is 10.5 Å². The molecule has 0 aromatic heterocycles. The van der Waals surface area contributed by atoms with Crippen molar-refractivity contribution in [1.29, 1.82) is 0 Å². The third-order valence-electron chi connectivity index (χ3n) is 5.55. The first-order chi connectivity index (χ1) is 13.9. The van der Waals surface area contributed by atoms with Crippen LogP contribution in [0, 0.1) is 11.6 Å². The van der Waals surface area contributed by atoms with Crippen LogP contribution in [-0.2, 0) is 6.54 Å². The number of piperidine rings is 1. The van der Waals surface area contributed by atoms with E-state index in [1.54, 1.807) is 12.1 Å². The largest absolute Gasteiger partial charge is 0.489 e. The van der Waals surface area contributed by atoms with Crippen molar-refractivity contribution in [2.75, 3.05) is 13.1 Å². The molecule has 2 aliphatic rings. The second-order valence-electron chi connectivity index (χ2n) is 7.86. The van der Waals surface area contributed by atoms with Gasteiger partial charge in [-0.2, -0.15) is 0 Å². The predicted octanol–water partition coefficient (Wildman–Crippen LogP) is 4.64. The first-order valence-electron chi connectivity index (χ1n) is 9.87. The molecular weight excluding hydrogens is 398 g/mol. The molecule has 154 valence electrons. The molecule has 2 N–H and O–H groups in total. The SMILES string of the molecule is NC(=O)c1cc(C2CC2)c(O[C@H]2CCCN(Cc3ccc(F)cc3Cl)C2)cc1F. The Bertz CT molecular complexity index is 933. The van der Waals surface area contributed by atoms with E-state index in [2.05, 4.69) is 4.90 Å². The van der Waals surface area contributed by atoms with Crippen molar-refractivity contribution in [2.45, 2.75) is 44.2 Å². The van der Waals surface area contributed by atoms with Crippen LogP contribution < -0.4 is 10.5 Å². The highest BCUT2D eigenvalue weighted by atomic mass is 35.5. The van der Waals surface area contributed by atoms with Crippen LogP contribution in [0.25, 0.3) is 0 Å². The fourth-order valence-corrected chi connectivity index (χ4v) is 4.13. The van der Waals surface area contributed by atoms with Gasteiger partial charge in [0.25, 0.3) is 5.91 Å². The number of primary amides is 1. The number of halogens is 3. The first kappa shape index (κ1) is 20.1. The molecule has 4 nitrogen and oxygen atoms in total. The molecule has 7 heteroatoms. The Balaban J connectivity index is 1.48. The van der Waals surface area contributed by atoms with Crippen molar-refractivity contribution in [1.82, 2.24) is 4.90 Å². The van der Waals surface area contributed by atoms with Crippen molar-refractivity contribution in [2.24, 2.45) is 5.73 Å². The average molecular weight is 421 g/mol. The van der Waals surface area contributed by atoms with Crippen molar-refractivity contribution < 1.29 is 18.3 Å². The summed E-state index contributed by atoms with van der Waals surface area (Å²) in [6.07, 6.45) is 3.69. The zero-order chi connectivity index (χ0) is 20.5. The van der Waals surface area contributed by atoms with Crippen LogP contribution in [0.5, 0.6) is 5.75 Å². The normalized spacial score (nSPS) is 19.9. The molecule has 1 aliphatic heterocycles. The highest BCUT2D eigenvalue weighted by Crippen LogP contribution is 2.45. The van der Waals surface area contributed by atoms with Crippen LogP contribution in [0.1, 0.15) is 53.1 Å². The first-order valence-corrected chi connectivity index (χ1v) is 10.2. The van der Waals surface area contributed by atoms with Gasteiger partial charge in [-0.05, 0) is 67.5 Å². The lowest BCUT2D eigenvalue weighted by Gasteiger charge is -2.33. The molecule has 2 aromatic rings. The van der Waals surface area contributed by atoms with Gasteiger partial charge in [0.15, 0.2) is 0 Å². The lowest BCUT2D eigenvalue weighted by atomic mass is 10.0. The molecule has 0 bridgehead atoms. The fourth-order valence-electron chi connectivity index (χ4n) is 3.90. The number of ether oxygens (including phenoxy) is 1. The maximum absolute atomic E-state index is 14.3. The molecule has 2 fully saturated rings. The van der Waals surface area contributed by atoms with Crippen LogP contribution in [0.15, 0.2) is 30.3 Å². The number of nitrogens with two attached hydrogens (primary N) is 1. The van der Waals surface area contributed by atoms with Crippen LogP contribution in [-0.4, -0.2) is 30.0 Å². The van der Waals surface area contributed by atoms with E-state index in [4.69, 9.17) is 22.1 Å². The van der Waals surface area contributed by atoms with Gasteiger partial charge in [0.1, 0.15) is 23.5 Å². The molecule has 0 unspecified atom stereocenters. The Kier molecular flexibility index (Phi) is 5.74. The van der Waals surface area contributed by atoms with Crippen LogP contribution in [0.2, 0.25) is 5.02 Å². The monoisotopic (exact) mass is 420 g/mol. The topological polar surface area (TPSA) is 55.6 Å². The van der Waals surface area contributed by atoms with Gasteiger partial charge in [-0.25, -0.2) is 8.78 Å². The summed E-state index contributed by atoms with van der Waals surface area (Å²) in [6.45, 7) is 2.15. The maximum Gasteiger partial charge on any atom is 0.251 e. The van der Waals surface area contributed by atoms with E-state index in [1.165, 1.54) is 18.2 Å². The highest BCUT2D eigenvalue weighted by molar-refractivity contribution is 6.31.